The highest BCUT2D eigenvalue weighted by Crippen LogP contribution is 2.30. The minimum Gasteiger partial charge on any atom is -0.483 e. The number of anilines is 1. The molecule has 2 aromatic carbocycles. The first-order chi connectivity index (χ1) is 12.4. The molecule has 0 aromatic heterocycles. The van der Waals surface area contributed by atoms with Crippen LogP contribution in [0, 0.1) is 0 Å². The van der Waals surface area contributed by atoms with Crippen molar-refractivity contribution in [1.82, 2.24) is 0 Å². The first-order valence-corrected chi connectivity index (χ1v) is 9.14. The SMILES string of the molecule is CCC(C)c1ccc(OCC(=O)Nc2ccc(C(=O)OC)cc2)c(Br)c1. The van der Waals surface area contributed by atoms with E-state index in [4.69, 9.17) is 4.74 Å². The van der Waals surface area contributed by atoms with Crippen molar-refractivity contribution in [2.75, 3.05) is 19.0 Å². The minimum absolute atomic E-state index is 0.111. The Morgan fingerprint density at radius 1 is 1.15 bits per heavy atom. The van der Waals surface area contributed by atoms with Crippen molar-refractivity contribution in [2.45, 2.75) is 26.2 Å². The third-order valence-corrected chi connectivity index (χ3v) is 4.71. The van der Waals surface area contributed by atoms with Crippen LogP contribution in [0.25, 0.3) is 0 Å². The first kappa shape index (κ1) is 20.0. The van der Waals surface area contributed by atoms with E-state index in [1.807, 2.05) is 18.2 Å². The van der Waals surface area contributed by atoms with E-state index in [1.54, 1.807) is 24.3 Å². The van der Waals surface area contributed by atoms with Crippen molar-refractivity contribution in [2.24, 2.45) is 0 Å². The van der Waals surface area contributed by atoms with E-state index in [9.17, 15) is 9.59 Å². The zero-order valence-electron chi connectivity index (χ0n) is 15.0. The average Bonchev–Trinajstić information content (AvgIpc) is 2.66. The third-order valence-electron chi connectivity index (χ3n) is 4.09. The van der Waals surface area contributed by atoms with Crippen LogP contribution in [0.2, 0.25) is 0 Å². The number of benzene rings is 2. The Balaban J connectivity index is 1.91. The quantitative estimate of drug-likeness (QED) is 0.656. The fourth-order valence-electron chi connectivity index (χ4n) is 2.32. The molecule has 6 heteroatoms. The molecule has 0 heterocycles. The van der Waals surface area contributed by atoms with Crippen molar-refractivity contribution in [3.8, 4) is 5.75 Å². The van der Waals surface area contributed by atoms with Crippen molar-refractivity contribution < 1.29 is 19.1 Å². The van der Waals surface area contributed by atoms with E-state index in [-0.39, 0.29) is 12.5 Å². The van der Waals surface area contributed by atoms with Crippen LogP contribution in [-0.4, -0.2) is 25.6 Å². The number of esters is 1. The Hall–Kier alpha value is -2.34. The fraction of sp³-hybridized carbons (Fsp3) is 0.300. The summed E-state index contributed by atoms with van der Waals surface area (Å²) in [6.45, 7) is 4.20. The molecule has 0 spiro atoms. The van der Waals surface area contributed by atoms with Crippen LogP contribution in [0.3, 0.4) is 0 Å². The van der Waals surface area contributed by atoms with Gasteiger partial charge < -0.3 is 14.8 Å². The summed E-state index contributed by atoms with van der Waals surface area (Å²) in [7, 11) is 1.32. The maximum Gasteiger partial charge on any atom is 0.337 e. The molecular formula is C20H22BrNO4. The summed E-state index contributed by atoms with van der Waals surface area (Å²) in [5.41, 5.74) is 2.23. The van der Waals surface area contributed by atoms with Crippen molar-refractivity contribution >= 4 is 33.5 Å². The van der Waals surface area contributed by atoms with Gasteiger partial charge in [0.1, 0.15) is 5.75 Å². The highest BCUT2D eigenvalue weighted by molar-refractivity contribution is 9.10. The van der Waals surface area contributed by atoms with Gasteiger partial charge in [-0.3, -0.25) is 4.79 Å². The molecule has 0 aliphatic heterocycles. The lowest BCUT2D eigenvalue weighted by molar-refractivity contribution is -0.118. The highest BCUT2D eigenvalue weighted by atomic mass is 79.9. The molecule has 0 saturated carbocycles. The zero-order valence-corrected chi connectivity index (χ0v) is 16.6. The van der Waals surface area contributed by atoms with E-state index in [0.29, 0.717) is 22.9 Å². The molecule has 0 aliphatic rings. The molecule has 0 fully saturated rings. The van der Waals surface area contributed by atoms with Crippen molar-refractivity contribution in [3.05, 3.63) is 58.1 Å². The maximum absolute atomic E-state index is 12.1. The van der Waals surface area contributed by atoms with Gasteiger partial charge in [-0.1, -0.05) is 19.9 Å². The lowest BCUT2D eigenvalue weighted by atomic mass is 9.99. The lowest BCUT2D eigenvalue weighted by Crippen LogP contribution is -2.20. The predicted octanol–water partition coefficient (Wildman–Crippen LogP) is 4.77. The summed E-state index contributed by atoms with van der Waals surface area (Å²) in [5, 5.41) is 2.72. The zero-order chi connectivity index (χ0) is 19.1. The largest absolute Gasteiger partial charge is 0.483 e. The normalized spacial score (nSPS) is 11.5. The molecule has 2 rings (SSSR count). The number of hydrogen-bond acceptors (Lipinski definition) is 4. The molecule has 0 radical (unpaired) electrons. The second kappa shape index (κ2) is 9.38. The van der Waals surface area contributed by atoms with Gasteiger partial charge in [0.05, 0.1) is 17.1 Å². The topological polar surface area (TPSA) is 64.6 Å². The van der Waals surface area contributed by atoms with Gasteiger partial charge in [-0.05, 0) is 70.2 Å². The van der Waals surface area contributed by atoms with Crippen LogP contribution in [0.1, 0.15) is 42.1 Å². The number of amides is 1. The molecule has 138 valence electrons. The molecule has 2 aromatic rings. The van der Waals surface area contributed by atoms with Gasteiger partial charge in [0.25, 0.3) is 5.91 Å². The Kier molecular flexibility index (Phi) is 7.21. The number of methoxy groups -OCH3 is 1. The smallest absolute Gasteiger partial charge is 0.337 e. The summed E-state index contributed by atoms with van der Waals surface area (Å²) in [6, 6.07) is 12.4. The summed E-state index contributed by atoms with van der Waals surface area (Å²) in [5.74, 6) is 0.385. The van der Waals surface area contributed by atoms with Gasteiger partial charge in [-0.2, -0.15) is 0 Å². The molecule has 5 nitrogen and oxygen atoms in total. The maximum atomic E-state index is 12.1. The van der Waals surface area contributed by atoms with E-state index in [0.717, 1.165) is 10.9 Å². The van der Waals surface area contributed by atoms with Gasteiger partial charge in [-0.15, -0.1) is 0 Å². The molecule has 0 bridgehead atoms. The van der Waals surface area contributed by atoms with Gasteiger partial charge in [-0.25, -0.2) is 4.79 Å². The van der Waals surface area contributed by atoms with Crippen LogP contribution in [0.4, 0.5) is 5.69 Å². The van der Waals surface area contributed by atoms with E-state index in [1.165, 1.54) is 12.7 Å². The Morgan fingerprint density at radius 3 is 2.42 bits per heavy atom. The van der Waals surface area contributed by atoms with Crippen LogP contribution in [0.15, 0.2) is 46.9 Å². The fourth-order valence-corrected chi connectivity index (χ4v) is 2.84. The van der Waals surface area contributed by atoms with Crippen LogP contribution in [-0.2, 0) is 9.53 Å². The number of nitrogens with one attached hydrogen (secondary N) is 1. The molecule has 0 saturated heterocycles. The average molecular weight is 420 g/mol. The Morgan fingerprint density at radius 2 is 1.85 bits per heavy atom. The number of halogens is 1. The molecule has 1 unspecified atom stereocenters. The van der Waals surface area contributed by atoms with E-state index in [2.05, 4.69) is 39.8 Å². The monoisotopic (exact) mass is 419 g/mol. The van der Waals surface area contributed by atoms with Crippen LogP contribution >= 0.6 is 15.9 Å². The molecule has 26 heavy (non-hydrogen) atoms. The van der Waals surface area contributed by atoms with Crippen molar-refractivity contribution in [3.63, 3.8) is 0 Å². The predicted molar refractivity (Wildman–Crippen MR) is 105 cm³/mol. The second-order valence-electron chi connectivity index (χ2n) is 5.90. The summed E-state index contributed by atoms with van der Waals surface area (Å²) < 4.78 is 11.0. The van der Waals surface area contributed by atoms with E-state index >= 15 is 0 Å². The summed E-state index contributed by atoms with van der Waals surface area (Å²) >= 11 is 3.49. The molecular weight excluding hydrogens is 398 g/mol. The molecule has 1 atom stereocenters. The number of carbonyl (C=O) groups excluding carboxylic acids is 2. The first-order valence-electron chi connectivity index (χ1n) is 8.35. The van der Waals surface area contributed by atoms with Gasteiger partial charge in [0.2, 0.25) is 0 Å². The van der Waals surface area contributed by atoms with Gasteiger partial charge in [0.15, 0.2) is 6.61 Å². The molecule has 0 aliphatic carbocycles. The summed E-state index contributed by atoms with van der Waals surface area (Å²) in [6.07, 6.45) is 1.06. The second-order valence-corrected chi connectivity index (χ2v) is 6.76. The minimum atomic E-state index is -0.420. The summed E-state index contributed by atoms with van der Waals surface area (Å²) in [4.78, 5) is 23.4. The van der Waals surface area contributed by atoms with Gasteiger partial charge in [0, 0.05) is 5.69 Å². The lowest BCUT2D eigenvalue weighted by Gasteiger charge is -2.13. The van der Waals surface area contributed by atoms with Gasteiger partial charge >= 0.3 is 5.97 Å². The third kappa shape index (κ3) is 5.33. The highest BCUT2D eigenvalue weighted by Gasteiger charge is 2.10. The number of ether oxygens (including phenoxy) is 2. The number of hydrogen-bond donors (Lipinski definition) is 1. The number of rotatable bonds is 7. The standard InChI is InChI=1S/C20H22BrNO4/c1-4-13(2)15-7-10-18(17(21)11-15)26-12-19(23)22-16-8-5-14(6-9-16)20(24)25-3/h5-11,13H,4,12H2,1-3H3,(H,22,23). The van der Waals surface area contributed by atoms with Crippen molar-refractivity contribution in [1.29, 1.82) is 0 Å². The molecule has 1 N–H and O–H groups in total. The van der Waals surface area contributed by atoms with E-state index < -0.39 is 5.97 Å². The molecule has 1 amide bonds. The van der Waals surface area contributed by atoms with Crippen LogP contribution in [0.5, 0.6) is 5.75 Å². The van der Waals surface area contributed by atoms with Crippen LogP contribution < -0.4 is 10.1 Å². The Bertz CT molecular complexity index is 774. The Labute approximate surface area is 161 Å². The number of carbonyl (C=O) groups is 2.